The smallest absolute Gasteiger partial charge is 0.325 e. The van der Waals surface area contributed by atoms with Crippen LogP contribution in [0.15, 0.2) is 0 Å². The molecule has 0 aromatic carbocycles. The van der Waals surface area contributed by atoms with Crippen LogP contribution in [0.1, 0.15) is 39.5 Å². The maximum Gasteiger partial charge on any atom is 0.325 e. The van der Waals surface area contributed by atoms with Gasteiger partial charge in [-0.05, 0) is 26.7 Å². The standard InChI is InChI=1S/C15H24N4O3.ClH/c1-10-9-16-7-8-18(10)12(20)11(2)19-13(21)15(17-14(19)22)5-3-4-6-15;/h10-11,16H,3-9H2,1-2H3,(H,17,22);1H/t10-,11?;/m0./s1. The quantitative estimate of drug-likeness (QED) is 0.714. The van der Waals surface area contributed by atoms with Crippen molar-refractivity contribution in [2.24, 2.45) is 0 Å². The lowest BCUT2D eigenvalue weighted by Crippen LogP contribution is -2.58. The summed E-state index contributed by atoms with van der Waals surface area (Å²) in [5.41, 5.74) is -0.749. The summed E-state index contributed by atoms with van der Waals surface area (Å²) in [4.78, 5) is 40.6. The van der Waals surface area contributed by atoms with Crippen molar-refractivity contribution in [1.29, 1.82) is 0 Å². The molecule has 0 aromatic rings. The number of rotatable bonds is 2. The molecule has 2 saturated heterocycles. The van der Waals surface area contributed by atoms with Gasteiger partial charge < -0.3 is 15.5 Å². The zero-order valence-corrected chi connectivity index (χ0v) is 14.4. The van der Waals surface area contributed by atoms with Gasteiger partial charge in [-0.15, -0.1) is 12.4 Å². The Hall–Kier alpha value is -1.34. The minimum absolute atomic E-state index is 0. The summed E-state index contributed by atoms with van der Waals surface area (Å²) in [5.74, 6) is -0.369. The van der Waals surface area contributed by atoms with Gasteiger partial charge >= 0.3 is 6.03 Å². The van der Waals surface area contributed by atoms with E-state index in [1.807, 2.05) is 6.92 Å². The molecule has 3 aliphatic rings. The molecule has 8 heteroatoms. The molecular formula is C15H25ClN4O3. The molecule has 1 unspecified atom stereocenters. The lowest BCUT2D eigenvalue weighted by atomic mass is 9.97. The van der Waals surface area contributed by atoms with E-state index in [1.54, 1.807) is 11.8 Å². The maximum atomic E-state index is 12.7. The predicted octanol–water partition coefficient (Wildman–Crippen LogP) is 0.482. The van der Waals surface area contributed by atoms with Crippen molar-refractivity contribution in [3.05, 3.63) is 0 Å². The number of nitrogens with one attached hydrogen (secondary N) is 2. The lowest BCUT2D eigenvalue weighted by Gasteiger charge is -2.37. The number of halogens is 1. The normalized spacial score (nSPS) is 27.8. The summed E-state index contributed by atoms with van der Waals surface area (Å²) in [6, 6.07) is -1.09. The first kappa shape index (κ1) is 18.0. The largest absolute Gasteiger partial charge is 0.336 e. The summed E-state index contributed by atoms with van der Waals surface area (Å²) in [6.45, 7) is 5.72. The number of hydrogen-bond acceptors (Lipinski definition) is 4. The average molecular weight is 345 g/mol. The fraction of sp³-hybridized carbons (Fsp3) is 0.800. The van der Waals surface area contributed by atoms with E-state index in [0.717, 1.165) is 30.8 Å². The van der Waals surface area contributed by atoms with Gasteiger partial charge in [0.2, 0.25) is 5.91 Å². The molecule has 3 fully saturated rings. The first-order chi connectivity index (χ1) is 10.5. The third kappa shape index (κ3) is 2.92. The van der Waals surface area contributed by atoms with Crippen LogP contribution < -0.4 is 10.6 Å². The van der Waals surface area contributed by atoms with Crippen LogP contribution in [0.5, 0.6) is 0 Å². The van der Waals surface area contributed by atoms with Crippen LogP contribution in [-0.4, -0.2) is 64.9 Å². The molecule has 2 atom stereocenters. The summed E-state index contributed by atoms with van der Waals surface area (Å²) < 4.78 is 0. The van der Waals surface area contributed by atoms with Crippen LogP contribution >= 0.6 is 12.4 Å². The van der Waals surface area contributed by atoms with E-state index in [0.29, 0.717) is 19.4 Å². The van der Waals surface area contributed by atoms with Crippen LogP contribution in [0.3, 0.4) is 0 Å². The molecular weight excluding hydrogens is 320 g/mol. The monoisotopic (exact) mass is 344 g/mol. The van der Waals surface area contributed by atoms with Gasteiger partial charge in [0.25, 0.3) is 5.91 Å². The van der Waals surface area contributed by atoms with Crippen molar-refractivity contribution in [3.8, 4) is 0 Å². The van der Waals surface area contributed by atoms with Gasteiger partial charge in [0.1, 0.15) is 11.6 Å². The molecule has 3 rings (SSSR count). The van der Waals surface area contributed by atoms with Crippen molar-refractivity contribution < 1.29 is 14.4 Å². The highest BCUT2D eigenvalue weighted by atomic mass is 35.5. The van der Waals surface area contributed by atoms with Crippen molar-refractivity contribution in [3.63, 3.8) is 0 Å². The van der Waals surface area contributed by atoms with E-state index in [9.17, 15) is 14.4 Å². The minimum atomic E-state index is -0.749. The summed E-state index contributed by atoms with van der Waals surface area (Å²) in [7, 11) is 0. The Bertz CT molecular complexity index is 507. The molecule has 0 radical (unpaired) electrons. The average Bonchev–Trinajstić information content (AvgIpc) is 3.05. The summed E-state index contributed by atoms with van der Waals surface area (Å²) in [6.07, 6.45) is 3.24. The zero-order valence-electron chi connectivity index (χ0n) is 13.6. The SMILES string of the molecule is CC(C(=O)N1CCNC[C@@H]1C)N1C(=O)NC2(CCCC2)C1=O.Cl. The van der Waals surface area contributed by atoms with Gasteiger partial charge in [-0.1, -0.05) is 12.8 Å². The van der Waals surface area contributed by atoms with Gasteiger partial charge in [-0.3, -0.25) is 9.59 Å². The van der Waals surface area contributed by atoms with Crippen LogP contribution in [0.4, 0.5) is 4.79 Å². The number of amides is 4. The number of piperazine rings is 1. The Kier molecular flexibility index (Phi) is 5.20. The van der Waals surface area contributed by atoms with Gasteiger partial charge in [0, 0.05) is 25.7 Å². The molecule has 4 amide bonds. The van der Waals surface area contributed by atoms with Crippen LogP contribution in [0, 0.1) is 0 Å². The van der Waals surface area contributed by atoms with Crippen molar-refractivity contribution in [2.75, 3.05) is 19.6 Å². The zero-order chi connectivity index (χ0) is 15.9. The molecule has 23 heavy (non-hydrogen) atoms. The molecule has 130 valence electrons. The van der Waals surface area contributed by atoms with E-state index in [4.69, 9.17) is 0 Å². The van der Waals surface area contributed by atoms with Crippen LogP contribution in [0.25, 0.3) is 0 Å². The topological polar surface area (TPSA) is 81.8 Å². The molecule has 1 aliphatic carbocycles. The molecule has 1 saturated carbocycles. The number of urea groups is 1. The molecule has 2 aliphatic heterocycles. The van der Waals surface area contributed by atoms with Gasteiger partial charge in [0.15, 0.2) is 0 Å². The number of carbonyl (C=O) groups excluding carboxylic acids is 3. The predicted molar refractivity (Wildman–Crippen MR) is 87.3 cm³/mol. The second-order valence-electron chi connectivity index (χ2n) is 6.66. The van der Waals surface area contributed by atoms with E-state index in [-0.39, 0.29) is 30.3 Å². The van der Waals surface area contributed by atoms with Crippen molar-refractivity contribution in [2.45, 2.75) is 57.2 Å². The number of nitrogens with zero attached hydrogens (tertiary/aromatic N) is 2. The van der Waals surface area contributed by atoms with Gasteiger partial charge in [0.05, 0.1) is 0 Å². The van der Waals surface area contributed by atoms with Gasteiger partial charge in [-0.25, -0.2) is 9.69 Å². The Morgan fingerprint density at radius 1 is 1.30 bits per heavy atom. The molecule has 7 nitrogen and oxygen atoms in total. The van der Waals surface area contributed by atoms with Gasteiger partial charge in [-0.2, -0.15) is 0 Å². The highest BCUT2D eigenvalue weighted by molar-refractivity contribution is 6.10. The molecule has 1 spiro atoms. The Labute approximate surface area is 142 Å². The van der Waals surface area contributed by atoms with Crippen LogP contribution in [0.2, 0.25) is 0 Å². The van der Waals surface area contributed by atoms with Crippen molar-refractivity contribution >= 4 is 30.3 Å². The minimum Gasteiger partial charge on any atom is -0.336 e. The van der Waals surface area contributed by atoms with E-state index < -0.39 is 17.6 Å². The number of carbonyl (C=O) groups is 3. The lowest BCUT2D eigenvalue weighted by molar-refractivity contribution is -0.144. The first-order valence-electron chi connectivity index (χ1n) is 8.13. The maximum absolute atomic E-state index is 12.7. The number of imide groups is 1. The second-order valence-corrected chi connectivity index (χ2v) is 6.66. The highest BCUT2D eigenvalue weighted by Gasteiger charge is 2.54. The second kappa shape index (κ2) is 6.65. The molecule has 2 N–H and O–H groups in total. The molecule has 2 heterocycles. The van der Waals surface area contributed by atoms with E-state index in [2.05, 4.69) is 10.6 Å². The fourth-order valence-corrected chi connectivity index (χ4v) is 3.83. The Morgan fingerprint density at radius 3 is 2.57 bits per heavy atom. The number of hydrogen-bond donors (Lipinski definition) is 2. The van der Waals surface area contributed by atoms with E-state index >= 15 is 0 Å². The Balaban J connectivity index is 0.00000192. The summed E-state index contributed by atoms with van der Waals surface area (Å²) >= 11 is 0. The Morgan fingerprint density at radius 2 is 1.96 bits per heavy atom. The highest BCUT2D eigenvalue weighted by Crippen LogP contribution is 2.36. The van der Waals surface area contributed by atoms with E-state index in [1.165, 1.54) is 0 Å². The third-order valence-corrected chi connectivity index (χ3v) is 5.18. The van der Waals surface area contributed by atoms with Crippen LogP contribution in [-0.2, 0) is 9.59 Å². The fourth-order valence-electron chi connectivity index (χ4n) is 3.83. The molecule has 0 aromatic heterocycles. The summed E-state index contributed by atoms with van der Waals surface area (Å²) in [5, 5.41) is 6.06. The first-order valence-corrected chi connectivity index (χ1v) is 8.13. The third-order valence-electron chi connectivity index (χ3n) is 5.18. The molecule has 0 bridgehead atoms. The van der Waals surface area contributed by atoms with Crippen molar-refractivity contribution in [1.82, 2.24) is 20.4 Å².